The molecule has 24 heavy (non-hydrogen) atoms. The number of nitrogens with one attached hydrogen (secondary N) is 1. The molecule has 2 saturated heterocycles. The zero-order valence-electron chi connectivity index (χ0n) is 13.9. The highest BCUT2D eigenvalue weighted by atomic mass is 16.3. The summed E-state index contributed by atoms with van der Waals surface area (Å²) >= 11 is 0. The van der Waals surface area contributed by atoms with Crippen molar-refractivity contribution in [2.45, 2.75) is 13.0 Å². The average Bonchev–Trinajstić information content (AvgIpc) is 3.00. The van der Waals surface area contributed by atoms with Crippen LogP contribution >= 0.6 is 0 Å². The van der Waals surface area contributed by atoms with Crippen LogP contribution in [0.3, 0.4) is 0 Å². The average molecular weight is 332 g/mol. The fraction of sp³-hybridized carbons (Fsp3) is 0.529. The Morgan fingerprint density at radius 2 is 2.00 bits per heavy atom. The molecule has 0 aliphatic carbocycles. The Labute approximate surface area is 141 Å². The Balaban J connectivity index is 1.64. The second-order valence-corrected chi connectivity index (χ2v) is 6.38. The fourth-order valence-electron chi connectivity index (χ4n) is 3.21. The number of hydrogen-bond acceptors (Lipinski definition) is 4. The summed E-state index contributed by atoms with van der Waals surface area (Å²) in [5.74, 6) is -0.00634. The first kappa shape index (κ1) is 16.7. The van der Waals surface area contributed by atoms with Crippen LogP contribution in [0.4, 0.5) is 10.5 Å². The minimum Gasteiger partial charge on any atom is -0.392 e. The number of β-amino-alcohol motifs (C(OH)–C–C–N with tert-alkyl or cyclic N) is 1. The lowest BCUT2D eigenvalue weighted by atomic mass is 10.1. The summed E-state index contributed by atoms with van der Waals surface area (Å²) in [4.78, 5) is 30.1. The van der Waals surface area contributed by atoms with E-state index in [1.807, 2.05) is 17.0 Å². The predicted molar refractivity (Wildman–Crippen MR) is 91.2 cm³/mol. The van der Waals surface area contributed by atoms with Gasteiger partial charge in [-0.3, -0.25) is 14.6 Å². The van der Waals surface area contributed by atoms with E-state index in [9.17, 15) is 14.7 Å². The van der Waals surface area contributed by atoms with E-state index in [2.05, 4.69) is 10.2 Å². The highest BCUT2D eigenvalue weighted by Gasteiger charge is 2.25. The quantitative estimate of drug-likeness (QED) is 0.834. The summed E-state index contributed by atoms with van der Waals surface area (Å²) in [6.07, 6.45) is -0.351. The summed E-state index contributed by atoms with van der Waals surface area (Å²) < 4.78 is 0. The molecule has 130 valence electrons. The molecule has 0 bridgehead atoms. The van der Waals surface area contributed by atoms with Gasteiger partial charge in [-0.2, -0.15) is 0 Å². The highest BCUT2D eigenvalue weighted by molar-refractivity contribution is 5.98. The van der Waals surface area contributed by atoms with Gasteiger partial charge in [-0.05, 0) is 25.1 Å². The van der Waals surface area contributed by atoms with Gasteiger partial charge in [0.15, 0.2) is 0 Å². The van der Waals surface area contributed by atoms with E-state index in [0.29, 0.717) is 38.3 Å². The van der Waals surface area contributed by atoms with Gasteiger partial charge in [-0.25, -0.2) is 4.79 Å². The number of hydrogen-bond donors (Lipinski definition) is 2. The number of carbonyl (C=O) groups excluding carboxylic acids is 2. The summed E-state index contributed by atoms with van der Waals surface area (Å²) in [5, 5.41) is 12.2. The summed E-state index contributed by atoms with van der Waals surface area (Å²) in [5.41, 5.74) is 1.36. The molecule has 0 saturated carbocycles. The van der Waals surface area contributed by atoms with Gasteiger partial charge in [0, 0.05) is 57.1 Å². The van der Waals surface area contributed by atoms with E-state index in [-0.39, 0.29) is 18.0 Å². The van der Waals surface area contributed by atoms with Crippen LogP contribution in [0.15, 0.2) is 24.3 Å². The van der Waals surface area contributed by atoms with Crippen molar-refractivity contribution >= 4 is 17.6 Å². The monoisotopic (exact) mass is 332 g/mol. The topological polar surface area (TPSA) is 76.1 Å². The normalized spacial score (nSPS) is 20.2. The van der Waals surface area contributed by atoms with Gasteiger partial charge >= 0.3 is 6.03 Å². The Morgan fingerprint density at radius 3 is 2.62 bits per heavy atom. The number of anilines is 1. The smallest absolute Gasteiger partial charge is 0.321 e. The predicted octanol–water partition coefficient (Wildman–Crippen LogP) is 0.355. The molecule has 2 aliphatic rings. The van der Waals surface area contributed by atoms with Gasteiger partial charge < -0.3 is 15.3 Å². The van der Waals surface area contributed by atoms with Crippen molar-refractivity contribution in [3.8, 4) is 0 Å². The zero-order valence-corrected chi connectivity index (χ0v) is 13.9. The Kier molecular flexibility index (Phi) is 5.01. The van der Waals surface area contributed by atoms with Crippen molar-refractivity contribution in [3.63, 3.8) is 0 Å². The van der Waals surface area contributed by atoms with Gasteiger partial charge in [0.25, 0.3) is 5.91 Å². The van der Waals surface area contributed by atoms with Gasteiger partial charge in [0.2, 0.25) is 0 Å². The molecular formula is C17H24N4O3. The number of aliphatic hydroxyl groups is 1. The van der Waals surface area contributed by atoms with Gasteiger partial charge in [-0.1, -0.05) is 6.07 Å². The number of benzene rings is 1. The Morgan fingerprint density at radius 1 is 1.25 bits per heavy atom. The number of piperazine rings is 1. The van der Waals surface area contributed by atoms with E-state index >= 15 is 0 Å². The molecule has 0 spiro atoms. The zero-order chi connectivity index (χ0) is 17.1. The van der Waals surface area contributed by atoms with E-state index < -0.39 is 0 Å². The number of nitrogens with zero attached hydrogens (tertiary/aromatic N) is 3. The molecule has 3 amide bonds. The van der Waals surface area contributed by atoms with E-state index in [1.165, 1.54) is 0 Å². The molecule has 3 rings (SSSR count). The van der Waals surface area contributed by atoms with Gasteiger partial charge in [0.05, 0.1) is 6.10 Å². The highest BCUT2D eigenvalue weighted by Crippen LogP contribution is 2.19. The van der Waals surface area contributed by atoms with E-state index in [1.54, 1.807) is 24.0 Å². The molecule has 0 aromatic heterocycles. The second kappa shape index (κ2) is 7.19. The maximum atomic E-state index is 12.7. The van der Waals surface area contributed by atoms with Crippen LogP contribution in [0.5, 0.6) is 0 Å². The van der Waals surface area contributed by atoms with E-state index in [0.717, 1.165) is 18.8 Å². The summed E-state index contributed by atoms with van der Waals surface area (Å²) in [6.45, 7) is 6.51. The third-order valence-corrected chi connectivity index (χ3v) is 4.44. The first-order valence-electron chi connectivity index (χ1n) is 8.40. The molecule has 2 heterocycles. The first-order chi connectivity index (χ1) is 11.5. The van der Waals surface area contributed by atoms with Crippen LogP contribution < -0.4 is 10.2 Å². The van der Waals surface area contributed by atoms with Crippen LogP contribution in [0.1, 0.15) is 17.3 Å². The van der Waals surface area contributed by atoms with Crippen LogP contribution in [0, 0.1) is 0 Å². The lowest BCUT2D eigenvalue weighted by Crippen LogP contribution is -2.50. The second-order valence-electron chi connectivity index (χ2n) is 6.38. The number of amides is 3. The summed E-state index contributed by atoms with van der Waals surface area (Å²) in [6, 6.07) is 7.13. The molecule has 0 radical (unpaired) electrons. The van der Waals surface area contributed by atoms with Crippen molar-refractivity contribution < 1.29 is 14.7 Å². The number of aliphatic hydroxyl groups excluding tert-OH is 1. The minimum atomic E-state index is -0.351. The molecule has 7 heteroatoms. The lowest BCUT2D eigenvalue weighted by Gasteiger charge is -2.35. The fourth-order valence-corrected chi connectivity index (χ4v) is 3.21. The summed E-state index contributed by atoms with van der Waals surface area (Å²) in [7, 11) is 0. The number of carbonyl (C=O) groups is 2. The Bertz CT molecular complexity index is 612. The molecule has 2 fully saturated rings. The van der Waals surface area contributed by atoms with Crippen LogP contribution in [-0.2, 0) is 0 Å². The van der Waals surface area contributed by atoms with Gasteiger partial charge in [-0.15, -0.1) is 0 Å². The SMILES string of the molecule is C[C@@H](O)CN1CCN(C(=O)c2cccc(N3CCNC3=O)c2)CC1. The van der Waals surface area contributed by atoms with Crippen molar-refractivity contribution in [1.82, 2.24) is 15.1 Å². The largest absolute Gasteiger partial charge is 0.392 e. The molecule has 0 unspecified atom stereocenters. The minimum absolute atomic E-state index is 0.00634. The molecule has 2 N–H and O–H groups in total. The number of urea groups is 1. The molecule has 1 aromatic carbocycles. The molecular weight excluding hydrogens is 308 g/mol. The van der Waals surface area contributed by atoms with Crippen molar-refractivity contribution in [2.24, 2.45) is 0 Å². The molecule has 2 aliphatic heterocycles. The van der Waals surface area contributed by atoms with Crippen molar-refractivity contribution in [3.05, 3.63) is 29.8 Å². The van der Waals surface area contributed by atoms with Gasteiger partial charge in [0.1, 0.15) is 0 Å². The molecule has 7 nitrogen and oxygen atoms in total. The third kappa shape index (κ3) is 3.68. The molecule has 1 aromatic rings. The van der Waals surface area contributed by atoms with Crippen LogP contribution in [0.25, 0.3) is 0 Å². The lowest BCUT2D eigenvalue weighted by molar-refractivity contribution is 0.0554. The standard InChI is InChI=1S/C17H24N4O3/c1-13(22)12-19-7-9-20(10-8-19)16(23)14-3-2-4-15(11-14)21-6-5-18-17(21)24/h2-4,11,13,22H,5-10,12H2,1H3,(H,18,24)/t13-/m1/s1. The maximum Gasteiger partial charge on any atom is 0.321 e. The third-order valence-electron chi connectivity index (χ3n) is 4.44. The van der Waals surface area contributed by atoms with Crippen molar-refractivity contribution in [2.75, 3.05) is 50.7 Å². The van der Waals surface area contributed by atoms with Crippen LogP contribution in [0.2, 0.25) is 0 Å². The Hall–Kier alpha value is -2.12. The van der Waals surface area contributed by atoms with Crippen molar-refractivity contribution in [1.29, 1.82) is 0 Å². The van der Waals surface area contributed by atoms with E-state index in [4.69, 9.17) is 0 Å². The van der Waals surface area contributed by atoms with Crippen LogP contribution in [-0.4, -0.2) is 78.8 Å². The molecule has 1 atom stereocenters. The maximum absolute atomic E-state index is 12.7. The number of rotatable bonds is 4. The first-order valence-corrected chi connectivity index (χ1v) is 8.40.